The second-order valence-electron chi connectivity index (χ2n) is 3.47. The van der Waals surface area contributed by atoms with E-state index in [1.165, 1.54) is 0 Å². The van der Waals surface area contributed by atoms with E-state index in [0.717, 1.165) is 12.0 Å². The molecule has 1 aromatic carbocycles. The molecular formula is C11H12ClN3O. The molecule has 2 aromatic rings. The second kappa shape index (κ2) is 4.63. The summed E-state index contributed by atoms with van der Waals surface area (Å²) in [5, 5.41) is 8.53. The minimum absolute atomic E-state index is 0.200. The average molecular weight is 238 g/mol. The fourth-order valence-corrected chi connectivity index (χ4v) is 1.39. The zero-order chi connectivity index (χ0) is 11.5. The van der Waals surface area contributed by atoms with Crippen molar-refractivity contribution in [2.24, 2.45) is 5.73 Å². The van der Waals surface area contributed by atoms with Crippen molar-refractivity contribution >= 4 is 11.6 Å². The molecule has 0 aliphatic carbocycles. The van der Waals surface area contributed by atoms with Gasteiger partial charge in [0.2, 0.25) is 11.8 Å². The van der Waals surface area contributed by atoms with Gasteiger partial charge in [0.05, 0.1) is 6.04 Å². The SMILES string of the molecule is CCC(N)c1nnc(-c2ccc(Cl)cc2)o1. The zero-order valence-electron chi connectivity index (χ0n) is 8.85. The van der Waals surface area contributed by atoms with Crippen molar-refractivity contribution in [1.82, 2.24) is 10.2 Å². The number of rotatable bonds is 3. The first-order valence-electron chi connectivity index (χ1n) is 5.05. The van der Waals surface area contributed by atoms with Gasteiger partial charge in [0.25, 0.3) is 0 Å². The standard InChI is InChI=1S/C11H12ClN3O/c1-2-9(13)11-15-14-10(16-11)7-3-5-8(12)6-4-7/h3-6,9H,2,13H2,1H3. The van der Waals surface area contributed by atoms with Gasteiger partial charge < -0.3 is 10.2 Å². The van der Waals surface area contributed by atoms with Crippen LogP contribution in [0, 0.1) is 0 Å². The number of halogens is 1. The molecule has 5 heteroatoms. The van der Waals surface area contributed by atoms with Crippen LogP contribution in [-0.4, -0.2) is 10.2 Å². The molecule has 16 heavy (non-hydrogen) atoms. The first kappa shape index (κ1) is 11.1. The molecule has 2 N–H and O–H groups in total. The molecule has 1 atom stereocenters. The van der Waals surface area contributed by atoms with Crippen LogP contribution < -0.4 is 5.73 Å². The van der Waals surface area contributed by atoms with E-state index < -0.39 is 0 Å². The Balaban J connectivity index is 2.28. The molecule has 1 aromatic heterocycles. The number of aromatic nitrogens is 2. The van der Waals surface area contributed by atoms with Crippen molar-refractivity contribution in [3.63, 3.8) is 0 Å². The molecule has 2 rings (SSSR count). The van der Waals surface area contributed by atoms with Gasteiger partial charge in [-0.25, -0.2) is 0 Å². The van der Waals surface area contributed by atoms with Gasteiger partial charge in [-0.05, 0) is 30.7 Å². The van der Waals surface area contributed by atoms with Crippen molar-refractivity contribution < 1.29 is 4.42 Å². The van der Waals surface area contributed by atoms with Crippen molar-refractivity contribution in [2.45, 2.75) is 19.4 Å². The average Bonchev–Trinajstić information content (AvgIpc) is 2.78. The minimum atomic E-state index is -0.200. The van der Waals surface area contributed by atoms with Crippen LogP contribution in [0.2, 0.25) is 5.02 Å². The van der Waals surface area contributed by atoms with Crippen LogP contribution in [-0.2, 0) is 0 Å². The first-order valence-corrected chi connectivity index (χ1v) is 5.43. The van der Waals surface area contributed by atoms with Gasteiger partial charge in [-0.3, -0.25) is 0 Å². The van der Waals surface area contributed by atoms with Gasteiger partial charge >= 0.3 is 0 Å². The Hall–Kier alpha value is -1.39. The van der Waals surface area contributed by atoms with Crippen molar-refractivity contribution in [3.8, 4) is 11.5 Å². The summed E-state index contributed by atoms with van der Waals surface area (Å²) in [5.41, 5.74) is 6.63. The van der Waals surface area contributed by atoms with Crippen LogP contribution in [0.5, 0.6) is 0 Å². The molecule has 1 unspecified atom stereocenters. The Kier molecular flexibility index (Phi) is 3.22. The Bertz CT molecular complexity index is 466. The molecule has 0 saturated carbocycles. The van der Waals surface area contributed by atoms with E-state index >= 15 is 0 Å². The molecule has 0 spiro atoms. The number of hydrogen-bond donors (Lipinski definition) is 1. The van der Waals surface area contributed by atoms with Gasteiger partial charge in [0.15, 0.2) is 0 Å². The fourth-order valence-electron chi connectivity index (χ4n) is 1.27. The van der Waals surface area contributed by atoms with Gasteiger partial charge in [0, 0.05) is 10.6 Å². The van der Waals surface area contributed by atoms with E-state index in [0.29, 0.717) is 16.8 Å². The van der Waals surface area contributed by atoms with Gasteiger partial charge in [-0.1, -0.05) is 18.5 Å². The summed E-state index contributed by atoms with van der Waals surface area (Å²) in [7, 11) is 0. The van der Waals surface area contributed by atoms with Gasteiger partial charge in [0.1, 0.15) is 0 Å². The Labute approximate surface area is 98.4 Å². The molecule has 0 aliphatic rings. The number of benzene rings is 1. The fraction of sp³-hybridized carbons (Fsp3) is 0.273. The quantitative estimate of drug-likeness (QED) is 0.892. The van der Waals surface area contributed by atoms with E-state index in [-0.39, 0.29) is 6.04 Å². The lowest BCUT2D eigenvalue weighted by Crippen LogP contribution is -2.08. The van der Waals surface area contributed by atoms with E-state index in [9.17, 15) is 0 Å². The highest BCUT2D eigenvalue weighted by atomic mass is 35.5. The Morgan fingerprint density at radius 3 is 2.62 bits per heavy atom. The minimum Gasteiger partial charge on any atom is -0.419 e. The maximum Gasteiger partial charge on any atom is 0.247 e. The lowest BCUT2D eigenvalue weighted by molar-refractivity contribution is 0.452. The van der Waals surface area contributed by atoms with Gasteiger partial charge in [-0.2, -0.15) is 0 Å². The third-order valence-corrected chi connectivity index (χ3v) is 2.54. The number of nitrogens with two attached hydrogens (primary N) is 1. The van der Waals surface area contributed by atoms with E-state index in [2.05, 4.69) is 10.2 Å². The molecular weight excluding hydrogens is 226 g/mol. The smallest absolute Gasteiger partial charge is 0.247 e. The molecule has 4 nitrogen and oxygen atoms in total. The first-order chi connectivity index (χ1) is 7.70. The van der Waals surface area contributed by atoms with Crippen molar-refractivity contribution in [1.29, 1.82) is 0 Å². The van der Waals surface area contributed by atoms with Crippen LogP contribution in [0.1, 0.15) is 25.3 Å². The molecule has 1 heterocycles. The van der Waals surface area contributed by atoms with Crippen LogP contribution in [0.25, 0.3) is 11.5 Å². The molecule has 0 saturated heterocycles. The highest BCUT2D eigenvalue weighted by Crippen LogP contribution is 2.22. The normalized spacial score (nSPS) is 12.7. The van der Waals surface area contributed by atoms with Crippen LogP contribution in [0.4, 0.5) is 0 Å². The van der Waals surface area contributed by atoms with E-state index in [4.69, 9.17) is 21.8 Å². The summed E-state index contributed by atoms with van der Waals surface area (Å²) >= 11 is 5.79. The second-order valence-corrected chi connectivity index (χ2v) is 3.90. The van der Waals surface area contributed by atoms with Crippen molar-refractivity contribution in [3.05, 3.63) is 35.2 Å². The molecule has 84 valence electrons. The van der Waals surface area contributed by atoms with E-state index in [1.54, 1.807) is 12.1 Å². The number of hydrogen-bond acceptors (Lipinski definition) is 4. The monoisotopic (exact) mass is 237 g/mol. The lowest BCUT2D eigenvalue weighted by Gasteiger charge is -2.00. The molecule has 0 fully saturated rings. The summed E-state index contributed by atoms with van der Waals surface area (Å²) in [5.74, 6) is 0.933. The lowest BCUT2D eigenvalue weighted by atomic mass is 10.2. The maximum atomic E-state index is 5.79. The van der Waals surface area contributed by atoms with Crippen LogP contribution in [0.3, 0.4) is 0 Å². The highest BCUT2D eigenvalue weighted by Gasteiger charge is 2.13. The summed E-state index contributed by atoms with van der Waals surface area (Å²) in [6.07, 6.45) is 0.766. The van der Waals surface area contributed by atoms with E-state index in [1.807, 2.05) is 19.1 Å². The number of nitrogens with zero attached hydrogens (tertiary/aromatic N) is 2. The van der Waals surface area contributed by atoms with Gasteiger partial charge in [-0.15, -0.1) is 10.2 Å². The molecule has 0 radical (unpaired) electrons. The third kappa shape index (κ3) is 2.23. The summed E-state index contributed by atoms with van der Waals surface area (Å²) < 4.78 is 5.47. The zero-order valence-corrected chi connectivity index (χ0v) is 9.61. The molecule has 0 aliphatic heterocycles. The highest BCUT2D eigenvalue weighted by molar-refractivity contribution is 6.30. The molecule has 0 amide bonds. The predicted octanol–water partition coefficient (Wildman–Crippen LogP) is 2.80. The summed E-state index contributed by atoms with van der Waals surface area (Å²) in [6, 6.07) is 7.02. The Morgan fingerprint density at radius 2 is 2.00 bits per heavy atom. The third-order valence-electron chi connectivity index (χ3n) is 2.29. The van der Waals surface area contributed by atoms with Crippen LogP contribution in [0.15, 0.2) is 28.7 Å². The largest absolute Gasteiger partial charge is 0.419 e. The summed E-state index contributed by atoms with van der Waals surface area (Å²) in [4.78, 5) is 0. The Morgan fingerprint density at radius 1 is 1.31 bits per heavy atom. The summed E-state index contributed by atoms with van der Waals surface area (Å²) in [6.45, 7) is 1.97. The molecule has 0 bridgehead atoms. The van der Waals surface area contributed by atoms with Crippen LogP contribution >= 0.6 is 11.6 Å². The topological polar surface area (TPSA) is 64.9 Å². The predicted molar refractivity (Wildman–Crippen MR) is 62.0 cm³/mol. The maximum absolute atomic E-state index is 5.79. The van der Waals surface area contributed by atoms with Crippen molar-refractivity contribution in [2.75, 3.05) is 0 Å².